The Morgan fingerprint density at radius 1 is 1.43 bits per heavy atom. The van der Waals surface area contributed by atoms with E-state index in [2.05, 4.69) is 20.8 Å². The van der Waals surface area contributed by atoms with Crippen molar-refractivity contribution in [2.24, 2.45) is 0 Å². The number of nitrogens with zero attached hydrogens (tertiary/aromatic N) is 2. The third kappa shape index (κ3) is 4.94. The van der Waals surface area contributed by atoms with E-state index in [-0.39, 0.29) is 11.4 Å². The molecule has 0 heterocycles. The maximum atomic E-state index is 11.2. The summed E-state index contributed by atoms with van der Waals surface area (Å²) < 4.78 is 6.16. The van der Waals surface area contributed by atoms with Crippen molar-refractivity contribution in [2.45, 2.75) is 26.9 Å². The van der Waals surface area contributed by atoms with E-state index in [4.69, 9.17) is 4.74 Å². The summed E-state index contributed by atoms with van der Waals surface area (Å²) in [4.78, 5) is 12.8. The normalized spacial score (nSPS) is 12.5. The molecule has 0 saturated carbocycles. The molecule has 0 aliphatic heterocycles. The molecule has 0 aromatic heterocycles. The minimum Gasteiger partial charge on any atom is -0.485 e. The highest BCUT2D eigenvalue weighted by molar-refractivity contribution is 9.10. The van der Waals surface area contributed by atoms with Gasteiger partial charge >= 0.3 is 5.69 Å². The number of likely N-dealkylation sites (N-methyl/N-ethyl adjacent to an activating group) is 1. The first kappa shape index (κ1) is 17.9. The van der Waals surface area contributed by atoms with E-state index in [0.717, 1.165) is 13.1 Å². The number of rotatable bonds is 8. The molecule has 0 spiro atoms. The predicted octanol–water partition coefficient (Wildman–Crippen LogP) is 3.13. The van der Waals surface area contributed by atoms with Gasteiger partial charge in [0.05, 0.1) is 11.0 Å². The molecule has 21 heavy (non-hydrogen) atoms. The molecule has 118 valence electrons. The van der Waals surface area contributed by atoms with E-state index < -0.39 is 11.0 Å². The molecule has 0 bridgehead atoms. The fraction of sp³-hybridized carbons (Fsp3) is 0.571. The molecule has 0 radical (unpaired) electrons. The molecule has 1 aromatic rings. The van der Waals surface area contributed by atoms with Gasteiger partial charge in [0.2, 0.25) is 5.75 Å². The Kier molecular flexibility index (Phi) is 7.07. The number of aliphatic hydroxyl groups excluding tert-OH is 1. The highest BCUT2D eigenvalue weighted by Crippen LogP contribution is 2.37. The molecular weight excluding hydrogens is 340 g/mol. The predicted molar refractivity (Wildman–Crippen MR) is 84.7 cm³/mol. The SMILES string of the molecule is CCN(CC)CCOc1c([C@H](C)O)cc(Br)cc1[N+](=O)[O-]. The lowest BCUT2D eigenvalue weighted by molar-refractivity contribution is -0.386. The van der Waals surface area contributed by atoms with E-state index in [9.17, 15) is 15.2 Å². The molecule has 0 aliphatic carbocycles. The molecule has 1 N–H and O–H groups in total. The smallest absolute Gasteiger partial charge is 0.312 e. The standard InChI is InChI=1S/C14H21BrN2O4/c1-4-16(5-2)6-7-21-14-12(10(3)18)8-11(15)9-13(14)17(19)20/h8-10,18H,4-7H2,1-3H3/t10-/m0/s1. The average molecular weight is 361 g/mol. The third-order valence-electron chi connectivity index (χ3n) is 3.26. The quantitative estimate of drug-likeness (QED) is 0.569. The van der Waals surface area contributed by atoms with Crippen LogP contribution in [0.1, 0.15) is 32.4 Å². The van der Waals surface area contributed by atoms with Crippen molar-refractivity contribution >= 4 is 21.6 Å². The highest BCUT2D eigenvalue weighted by atomic mass is 79.9. The van der Waals surface area contributed by atoms with Gasteiger partial charge in [0.25, 0.3) is 0 Å². The number of benzene rings is 1. The fourth-order valence-electron chi connectivity index (χ4n) is 2.02. The van der Waals surface area contributed by atoms with E-state index in [1.807, 2.05) is 13.8 Å². The zero-order valence-corrected chi connectivity index (χ0v) is 14.1. The van der Waals surface area contributed by atoms with E-state index in [1.54, 1.807) is 13.0 Å². The lowest BCUT2D eigenvalue weighted by Gasteiger charge is -2.19. The van der Waals surface area contributed by atoms with Crippen LogP contribution < -0.4 is 4.74 Å². The molecule has 0 amide bonds. The lowest BCUT2D eigenvalue weighted by Crippen LogP contribution is -2.28. The van der Waals surface area contributed by atoms with Crippen molar-refractivity contribution in [1.29, 1.82) is 0 Å². The maximum absolute atomic E-state index is 11.2. The Morgan fingerprint density at radius 2 is 2.05 bits per heavy atom. The van der Waals surface area contributed by atoms with Crippen LogP contribution in [0.4, 0.5) is 5.69 Å². The van der Waals surface area contributed by atoms with Gasteiger partial charge in [-0.15, -0.1) is 0 Å². The number of halogens is 1. The Morgan fingerprint density at radius 3 is 2.52 bits per heavy atom. The summed E-state index contributed by atoms with van der Waals surface area (Å²) >= 11 is 3.22. The Labute approximate surface area is 133 Å². The second-order valence-electron chi connectivity index (χ2n) is 4.65. The van der Waals surface area contributed by atoms with E-state index >= 15 is 0 Å². The largest absolute Gasteiger partial charge is 0.485 e. The molecule has 1 rings (SSSR count). The van der Waals surface area contributed by atoms with Crippen LogP contribution in [0, 0.1) is 10.1 Å². The van der Waals surface area contributed by atoms with Crippen LogP contribution in [0.5, 0.6) is 5.75 Å². The first-order valence-electron chi connectivity index (χ1n) is 6.91. The van der Waals surface area contributed by atoms with Crippen LogP contribution in [0.2, 0.25) is 0 Å². The van der Waals surface area contributed by atoms with Crippen molar-refractivity contribution in [1.82, 2.24) is 4.90 Å². The first-order valence-corrected chi connectivity index (χ1v) is 7.71. The van der Waals surface area contributed by atoms with Crippen LogP contribution >= 0.6 is 15.9 Å². The van der Waals surface area contributed by atoms with Gasteiger partial charge in [-0.3, -0.25) is 10.1 Å². The summed E-state index contributed by atoms with van der Waals surface area (Å²) in [5.74, 6) is 0.144. The zero-order valence-electron chi connectivity index (χ0n) is 12.5. The Bertz CT molecular complexity index is 490. The van der Waals surface area contributed by atoms with Crippen LogP contribution in [0.25, 0.3) is 0 Å². The average Bonchev–Trinajstić information content (AvgIpc) is 2.43. The Hall–Kier alpha value is -1.18. The van der Waals surface area contributed by atoms with Crippen molar-refractivity contribution in [3.05, 3.63) is 32.3 Å². The Balaban J connectivity index is 3.00. The van der Waals surface area contributed by atoms with Crippen LogP contribution in [0.15, 0.2) is 16.6 Å². The summed E-state index contributed by atoms with van der Waals surface area (Å²) in [6.45, 7) is 8.46. The van der Waals surface area contributed by atoms with Gasteiger partial charge < -0.3 is 14.7 Å². The molecule has 0 fully saturated rings. The zero-order chi connectivity index (χ0) is 16.0. The topological polar surface area (TPSA) is 75.8 Å². The lowest BCUT2D eigenvalue weighted by atomic mass is 10.1. The second-order valence-corrected chi connectivity index (χ2v) is 5.57. The van der Waals surface area contributed by atoms with E-state index in [0.29, 0.717) is 23.2 Å². The molecule has 6 nitrogen and oxygen atoms in total. The highest BCUT2D eigenvalue weighted by Gasteiger charge is 2.23. The number of nitro groups is 1. The van der Waals surface area contributed by atoms with Gasteiger partial charge in [0.1, 0.15) is 6.61 Å². The summed E-state index contributed by atoms with van der Waals surface area (Å²) in [6, 6.07) is 3.03. The molecule has 0 unspecified atom stereocenters. The van der Waals surface area contributed by atoms with Gasteiger partial charge in [-0.25, -0.2) is 0 Å². The molecular formula is C14H21BrN2O4. The van der Waals surface area contributed by atoms with Crippen LogP contribution in [-0.2, 0) is 0 Å². The van der Waals surface area contributed by atoms with Gasteiger partial charge in [0, 0.05) is 22.6 Å². The minimum atomic E-state index is -0.843. The number of aliphatic hydroxyl groups is 1. The summed E-state index contributed by atoms with van der Waals surface area (Å²) in [5.41, 5.74) is 0.274. The van der Waals surface area contributed by atoms with Crippen molar-refractivity contribution in [2.75, 3.05) is 26.2 Å². The maximum Gasteiger partial charge on any atom is 0.312 e. The second kappa shape index (κ2) is 8.31. The molecule has 1 aromatic carbocycles. The fourth-order valence-corrected chi connectivity index (χ4v) is 2.48. The van der Waals surface area contributed by atoms with Gasteiger partial charge in [0.15, 0.2) is 0 Å². The number of hydrogen-bond donors (Lipinski definition) is 1. The summed E-state index contributed by atoms with van der Waals surface area (Å²) in [5, 5.41) is 21.0. The minimum absolute atomic E-state index is 0.139. The summed E-state index contributed by atoms with van der Waals surface area (Å²) in [6.07, 6.45) is -0.843. The van der Waals surface area contributed by atoms with Gasteiger partial charge in [-0.1, -0.05) is 29.8 Å². The van der Waals surface area contributed by atoms with E-state index in [1.165, 1.54) is 6.07 Å². The first-order chi connectivity index (χ1) is 9.90. The molecule has 7 heteroatoms. The van der Waals surface area contributed by atoms with Gasteiger partial charge in [-0.05, 0) is 26.1 Å². The van der Waals surface area contributed by atoms with Crippen molar-refractivity contribution in [3.8, 4) is 5.75 Å². The number of ether oxygens (including phenoxy) is 1. The van der Waals surface area contributed by atoms with Crippen molar-refractivity contribution in [3.63, 3.8) is 0 Å². The summed E-state index contributed by atoms with van der Waals surface area (Å²) in [7, 11) is 0. The molecule has 0 saturated heterocycles. The van der Waals surface area contributed by atoms with Crippen LogP contribution in [-0.4, -0.2) is 41.2 Å². The molecule has 1 atom stereocenters. The van der Waals surface area contributed by atoms with Crippen molar-refractivity contribution < 1.29 is 14.8 Å². The monoisotopic (exact) mass is 360 g/mol. The number of nitro benzene ring substituents is 1. The molecule has 0 aliphatic rings. The number of hydrogen-bond acceptors (Lipinski definition) is 5. The third-order valence-corrected chi connectivity index (χ3v) is 3.72. The van der Waals surface area contributed by atoms with Gasteiger partial charge in [-0.2, -0.15) is 0 Å². The van der Waals surface area contributed by atoms with Crippen LogP contribution in [0.3, 0.4) is 0 Å².